The molecule has 1 aliphatic heterocycles. The molecule has 1 heterocycles. The monoisotopic (exact) mass is 225 g/mol. The molecule has 1 rings (SSSR count). The second kappa shape index (κ2) is 6.92. The van der Waals surface area contributed by atoms with Crippen molar-refractivity contribution in [2.45, 2.75) is 12.6 Å². The van der Waals surface area contributed by atoms with Gasteiger partial charge >= 0.3 is 0 Å². The molecule has 4 nitrogen and oxygen atoms in total. The molecular weight excluding hydrogens is 209 g/mol. The van der Waals surface area contributed by atoms with Gasteiger partial charge in [-0.15, -0.1) is 0 Å². The number of hydrogen-bond acceptors (Lipinski definition) is 4. The highest BCUT2D eigenvalue weighted by Gasteiger charge is 2.11. The van der Waals surface area contributed by atoms with Crippen LogP contribution in [0.15, 0.2) is 40.9 Å². The van der Waals surface area contributed by atoms with E-state index >= 15 is 0 Å². The molecule has 0 bridgehead atoms. The van der Waals surface area contributed by atoms with Crippen molar-refractivity contribution < 1.29 is 9.50 Å². The number of halogens is 1. The van der Waals surface area contributed by atoms with Gasteiger partial charge in [0.2, 0.25) is 0 Å². The maximum Gasteiger partial charge on any atom is 0.189 e. The molecule has 0 amide bonds. The Morgan fingerprint density at radius 1 is 1.69 bits per heavy atom. The first-order valence-electron chi connectivity index (χ1n) is 5.08. The molecular formula is C11H16FN3O. The molecule has 5 heteroatoms. The van der Waals surface area contributed by atoms with E-state index in [9.17, 15) is 4.39 Å². The zero-order chi connectivity index (χ0) is 11.8. The van der Waals surface area contributed by atoms with Crippen LogP contribution in [-0.4, -0.2) is 31.1 Å². The van der Waals surface area contributed by atoms with Crippen LogP contribution < -0.4 is 10.6 Å². The van der Waals surface area contributed by atoms with Crippen molar-refractivity contribution in [3.8, 4) is 0 Å². The summed E-state index contributed by atoms with van der Waals surface area (Å²) in [7, 11) is 0. The second-order valence-electron chi connectivity index (χ2n) is 3.31. The van der Waals surface area contributed by atoms with Crippen LogP contribution in [0, 0.1) is 0 Å². The summed E-state index contributed by atoms with van der Waals surface area (Å²) < 4.78 is 13.2. The Hall–Kier alpha value is -1.46. The number of nitrogens with zero attached hydrogens (tertiary/aromatic N) is 1. The van der Waals surface area contributed by atoms with E-state index in [1.165, 1.54) is 12.3 Å². The topological polar surface area (TPSA) is 56.7 Å². The highest BCUT2D eigenvalue weighted by atomic mass is 19.1. The molecule has 88 valence electrons. The van der Waals surface area contributed by atoms with Gasteiger partial charge in [0, 0.05) is 12.8 Å². The number of aliphatic hydroxyl groups is 1. The maximum absolute atomic E-state index is 13.2. The first kappa shape index (κ1) is 12.6. The quantitative estimate of drug-likeness (QED) is 0.357. The smallest absolute Gasteiger partial charge is 0.189 e. The SMILES string of the molecule is C=N/C=C/C1=CC(NCCCO)NC(F)=C1. The molecule has 0 aliphatic carbocycles. The van der Waals surface area contributed by atoms with Crippen LogP contribution in [0.1, 0.15) is 6.42 Å². The van der Waals surface area contributed by atoms with Gasteiger partial charge in [0.1, 0.15) is 0 Å². The van der Waals surface area contributed by atoms with Gasteiger partial charge < -0.3 is 10.4 Å². The third kappa shape index (κ3) is 4.37. The summed E-state index contributed by atoms with van der Waals surface area (Å²) in [5, 5.41) is 14.3. The molecule has 0 saturated heterocycles. The van der Waals surface area contributed by atoms with E-state index in [1.807, 2.05) is 6.08 Å². The second-order valence-corrected chi connectivity index (χ2v) is 3.31. The van der Waals surface area contributed by atoms with Crippen molar-refractivity contribution in [3.05, 3.63) is 36.0 Å². The maximum atomic E-state index is 13.2. The normalized spacial score (nSPS) is 20.2. The Balaban J connectivity index is 2.54. The molecule has 0 saturated carbocycles. The minimum absolute atomic E-state index is 0.120. The van der Waals surface area contributed by atoms with Crippen molar-refractivity contribution in [1.82, 2.24) is 10.6 Å². The Morgan fingerprint density at radius 3 is 3.19 bits per heavy atom. The molecule has 0 radical (unpaired) electrons. The first-order chi connectivity index (χ1) is 7.76. The lowest BCUT2D eigenvalue weighted by Gasteiger charge is -2.20. The zero-order valence-corrected chi connectivity index (χ0v) is 8.99. The van der Waals surface area contributed by atoms with E-state index in [0.29, 0.717) is 13.0 Å². The fourth-order valence-electron chi connectivity index (χ4n) is 1.31. The minimum Gasteiger partial charge on any atom is -0.396 e. The van der Waals surface area contributed by atoms with E-state index in [0.717, 1.165) is 5.57 Å². The van der Waals surface area contributed by atoms with Crippen LogP contribution in [0.4, 0.5) is 4.39 Å². The largest absolute Gasteiger partial charge is 0.396 e. The molecule has 0 aromatic heterocycles. The van der Waals surface area contributed by atoms with Gasteiger partial charge in [0.05, 0.1) is 6.17 Å². The van der Waals surface area contributed by atoms with Crippen LogP contribution >= 0.6 is 0 Å². The number of hydrogen-bond donors (Lipinski definition) is 3. The van der Waals surface area contributed by atoms with Crippen molar-refractivity contribution in [2.24, 2.45) is 4.99 Å². The molecule has 1 atom stereocenters. The fourth-order valence-corrected chi connectivity index (χ4v) is 1.31. The summed E-state index contributed by atoms with van der Waals surface area (Å²) in [5.74, 6) is -0.396. The number of aliphatic imine (C=N–C) groups is 1. The van der Waals surface area contributed by atoms with E-state index in [4.69, 9.17) is 5.11 Å². The average molecular weight is 225 g/mol. The fraction of sp³-hybridized carbons (Fsp3) is 0.364. The zero-order valence-electron chi connectivity index (χ0n) is 8.99. The van der Waals surface area contributed by atoms with Crippen molar-refractivity contribution in [2.75, 3.05) is 13.2 Å². The van der Waals surface area contributed by atoms with Crippen molar-refractivity contribution in [3.63, 3.8) is 0 Å². The Morgan fingerprint density at radius 2 is 2.50 bits per heavy atom. The summed E-state index contributed by atoms with van der Waals surface area (Å²) in [6, 6.07) is 0. The molecule has 1 aliphatic rings. The van der Waals surface area contributed by atoms with Gasteiger partial charge in [0.15, 0.2) is 5.95 Å². The predicted octanol–water partition coefficient (Wildman–Crippen LogP) is 0.839. The van der Waals surface area contributed by atoms with Crippen LogP contribution in [0.25, 0.3) is 0 Å². The molecule has 0 aromatic carbocycles. The minimum atomic E-state index is -0.396. The number of dihydropyridines is 1. The lowest BCUT2D eigenvalue weighted by atomic mass is 10.1. The third-order valence-electron chi connectivity index (χ3n) is 2.02. The molecule has 0 aromatic rings. The number of rotatable bonds is 6. The highest BCUT2D eigenvalue weighted by molar-refractivity contribution is 5.37. The van der Waals surface area contributed by atoms with Gasteiger partial charge in [-0.3, -0.25) is 10.3 Å². The highest BCUT2D eigenvalue weighted by Crippen LogP contribution is 2.11. The molecule has 1 unspecified atom stereocenters. The molecule has 0 fully saturated rings. The molecule has 0 spiro atoms. The average Bonchev–Trinajstić information content (AvgIpc) is 2.26. The number of allylic oxidation sites excluding steroid dienone is 3. The van der Waals surface area contributed by atoms with Crippen LogP contribution in [-0.2, 0) is 0 Å². The van der Waals surface area contributed by atoms with Gasteiger partial charge in [-0.25, -0.2) is 0 Å². The molecule has 3 N–H and O–H groups in total. The predicted molar refractivity (Wildman–Crippen MR) is 62.6 cm³/mol. The van der Waals surface area contributed by atoms with Crippen LogP contribution in [0.3, 0.4) is 0 Å². The van der Waals surface area contributed by atoms with Gasteiger partial charge in [-0.05, 0) is 43.5 Å². The Bertz CT molecular complexity index is 323. The summed E-state index contributed by atoms with van der Waals surface area (Å²) in [6.07, 6.45) is 6.77. The number of nitrogens with one attached hydrogen (secondary N) is 2. The van der Waals surface area contributed by atoms with E-state index in [-0.39, 0.29) is 12.8 Å². The van der Waals surface area contributed by atoms with Crippen LogP contribution in [0.5, 0.6) is 0 Å². The van der Waals surface area contributed by atoms with Gasteiger partial charge in [-0.2, -0.15) is 4.39 Å². The summed E-state index contributed by atoms with van der Waals surface area (Å²) in [6.45, 7) is 4.05. The van der Waals surface area contributed by atoms with Gasteiger partial charge in [0.25, 0.3) is 0 Å². The van der Waals surface area contributed by atoms with E-state index in [1.54, 1.807) is 6.08 Å². The molecule has 16 heavy (non-hydrogen) atoms. The Labute approximate surface area is 94.3 Å². The lowest BCUT2D eigenvalue weighted by molar-refractivity contribution is 0.283. The lowest BCUT2D eigenvalue weighted by Crippen LogP contribution is -2.41. The summed E-state index contributed by atoms with van der Waals surface area (Å²) in [4.78, 5) is 3.56. The summed E-state index contributed by atoms with van der Waals surface area (Å²) >= 11 is 0. The van der Waals surface area contributed by atoms with Crippen LogP contribution in [0.2, 0.25) is 0 Å². The standard InChI is InChI=1S/C11H16FN3O/c1-13-5-3-9-7-10(12)15-11(8-9)14-4-2-6-16/h3,5,7-8,11,14-16H,1-2,4,6H2/b5-3+. The summed E-state index contributed by atoms with van der Waals surface area (Å²) in [5.41, 5.74) is 0.727. The first-order valence-corrected chi connectivity index (χ1v) is 5.08. The van der Waals surface area contributed by atoms with E-state index < -0.39 is 5.95 Å². The van der Waals surface area contributed by atoms with Gasteiger partial charge in [-0.1, -0.05) is 0 Å². The number of aliphatic hydroxyl groups excluding tert-OH is 1. The Kier molecular flexibility index (Phi) is 5.45. The van der Waals surface area contributed by atoms with Crippen molar-refractivity contribution in [1.29, 1.82) is 0 Å². The van der Waals surface area contributed by atoms with E-state index in [2.05, 4.69) is 22.3 Å². The third-order valence-corrected chi connectivity index (χ3v) is 2.02. The van der Waals surface area contributed by atoms with Crippen molar-refractivity contribution >= 4 is 6.72 Å².